The predicted molar refractivity (Wildman–Crippen MR) is 108 cm³/mol. The SMILES string of the molecule is CNc1cccc(COC(=O)N[C@@H](C)c2ccnc(SCP(C)(=O)O)c2)c1. The molecule has 0 saturated heterocycles. The molecule has 2 atom stereocenters. The van der Waals surface area contributed by atoms with Crippen LogP contribution in [0, 0.1) is 0 Å². The first-order valence-electron chi connectivity index (χ1n) is 8.35. The van der Waals surface area contributed by atoms with E-state index >= 15 is 0 Å². The normalized spacial score (nSPS) is 14.1. The smallest absolute Gasteiger partial charge is 0.407 e. The fourth-order valence-corrected chi connectivity index (χ4v) is 4.07. The molecule has 0 aliphatic heterocycles. The van der Waals surface area contributed by atoms with E-state index in [9.17, 15) is 14.3 Å². The Hall–Kier alpha value is -2.02. The molecule has 2 aromatic rings. The molecular weight excluding hydrogens is 385 g/mol. The number of anilines is 1. The number of alkyl carbamates (subject to hydrolysis) is 1. The number of pyridine rings is 1. The number of ether oxygens (including phenoxy) is 1. The van der Waals surface area contributed by atoms with Crippen molar-refractivity contribution in [1.29, 1.82) is 0 Å². The summed E-state index contributed by atoms with van der Waals surface area (Å²) in [4.78, 5) is 25.6. The van der Waals surface area contributed by atoms with Crippen molar-refractivity contribution in [1.82, 2.24) is 10.3 Å². The summed E-state index contributed by atoms with van der Waals surface area (Å²) in [6.45, 7) is 3.33. The first-order chi connectivity index (χ1) is 12.8. The Balaban J connectivity index is 1.89. The van der Waals surface area contributed by atoms with Gasteiger partial charge in [-0.1, -0.05) is 23.9 Å². The number of nitrogens with one attached hydrogen (secondary N) is 2. The molecule has 3 N–H and O–H groups in total. The largest absolute Gasteiger partial charge is 0.445 e. The number of amides is 1. The summed E-state index contributed by atoms with van der Waals surface area (Å²) in [5.74, 6) is 0. The number of carbonyl (C=O) groups excluding carboxylic acids is 1. The van der Waals surface area contributed by atoms with Crippen LogP contribution in [0.1, 0.15) is 24.1 Å². The lowest BCUT2D eigenvalue weighted by molar-refractivity contribution is 0.136. The van der Waals surface area contributed by atoms with Gasteiger partial charge in [-0.2, -0.15) is 0 Å². The van der Waals surface area contributed by atoms with E-state index in [-0.39, 0.29) is 18.1 Å². The second kappa shape index (κ2) is 9.78. The molecule has 0 aliphatic rings. The maximum absolute atomic E-state index is 12.1. The number of aromatic nitrogens is 1. The van der Waals surface area contributed by atoms with E-state index in [0.29, 0.717) is 5.03 Å². The second-order valence-corrected chi connectivity index (χ2v) is 9.99. The predicted octanol–water partition coefficient (Wildman–Crippen LogP) is 4.06. The zero-order chi connectivity index (χ0) is 19.9. The molecule has 1 aromatic heterocycles. The molecule has 0 radical (unpaired) electrons. The second-order valence-electron chi connectivity index (χ2n) is 6.14. The average molecular weight is 409 g/mol. The topological polar surface area (TPSA) is 101 Å². The molecule has 146 valence electrons. The van der Waals surface area contributed by atoms with Crippen LogP contribution in [0.3, 0.4) is 0 Å². The Morgan fingerprint density at radius 3 is 2.85 bits per heavy atom. The molecular formula is C18H24N3O4PS. The first-order valence-corrected chi connectivity index (χ1v) is 11.6. The third kappa shape index (κ3) is 7.62. The van der Waals surface area contributed by atoms with Crippen LogP contribution in [0.4, 0.5) is 10.5 Å². The van der Waals surface area contributed by atoms with Crippen molar-refractivity contribution in [2.45, 2.75) is 24.6 Å². The van der Waals surface area contributed by atoms with Gasteiger partial charge in [0.05, 0.1) is 16.6 Å². The summed E-state index contributed by atoms with van der Waals surface area (Å²) in [6.07, 6.45) is 1.10. The van der Waals surface area contributed by atoms with Crippen LogP contribution in [-0.4, -0.2) is 35.2 Å². The average Bonchev–Trinajstić information content (AvgIpc) is 2.64. The standard InChI is InChI=1S/C18H24N3O4PS/c1-13(15-7-8-20-17(10-15)27-12-26(3,23)24)21-18(22)25-11-14-5-4-6-16(9-14)19-2/h4-10,13,19H,11-12H2,1-3H3,(H,21,22)(H,23,24)/t13-/m0/s1. The first kappa shape index (κ1) is 21.3. The van der Waals surface area contributed by atoms with Crippen molar-refractivity contribution >= 4 is 30.9 Å². The van der Waals surface area contributed by atoms with Crippen LogP contribution in [0.15, 0.2) is 47.6 Å². The van der Waals surface area contributed by atoms with Crippen molar-refractivity contribution in [3.05, 3.63) is 53.7 Å². The molecule has 2 rings (SSSR count). The maximum atomic E-state index is 12.1. The van der Waals surface area contributed by atoms with E-state index in [1.165, 1.54) is 18.4 Å². The number of benzene rings is 1. The quantitative estimate of drug-likeness (QED) is 0.446. The number of nitrogens with zero attached hydrogens (tertiary/aromatic N) is 1. The van der Waals surface area contributed by atoms with Gasteiger partial charge in [0.2, 0.25) is 7.37 Å². The molecule has 7 nitrogen and oxygen atoms in total. The summed E-state index contributed by atoms with van der Waals surface area (Å²) >= 11 is 1.21. The highest BCUT2D eigenvalue weighted by Gasteiger charge is 2.14. The van der Waals surface area contributed by atoms with E-state index in [1.54, 1.807) is 18.3 Å². The summed E-state index contributed by atoms with van der Waals surface area (Å²) in [5.41, 5.74) is 2.77. The Morgan fingerprint density at radius 2 is 2.15 bits per heavy atom. The van der Waals surface area contributed by atoms with Gasteiger partial charge in [-0.05, 0) is 42.3 Å². The third-order valence-corrected chi connectivity index (χ3v) is 6.58. The molecule has 0 aliphatic carbocycles. The molecule has 27 heavy (non-hydrogen) atoms. The summed E-state index contributed by atoms with van der Waals surface area (Å²) in [6, 6.07) is 10.9. The third-order valence-electron chi connectivity index (χ3n) is 3.63. The lowest BCUT2D eigenvalue weighted by Gasteiger charge is -2.15. The lowest BCUT2D eigenvalue weighted by atomic mass is 10.1. The lowest BCUT2D eigenvalue weighted by Crippen LogP contribution is -2.27. The minimum atomic E-state index is -3.11. The van der Waals surface area contributed by atoms with Crippen LogP contribution < -0.4 is 10.6 Å². The van der Waals surface area contributed by atoms with Crippen LogP contribution in [0.2, 0.25) is 0 Å². The zero-order valence-electron chi connectivity index (χ0n) is 15.5. The molecule has 1 amide bonds. The van der Waals surface area contributed by atoms with E-state index in [0.717, 1.165) is 16.8 Å². The van der Waals surface area contributed by atoms with Gasteiger partial charge in [0.15, 0.2) is 0 Å². The van der Waals surface area contributed by atoms with Gasteiger partial charge in [0.25, 0.3) is 0 Å². The van der Waals surface area contributed by atoms with Crippen molar-refractivity contribution in [2.75, 3.05) is 24.5 Å². The minimum Gasteiger partial charge on any atom is -0.445 e. The molecule has 0 fully saturated rings. The van der Waals surface area contributed by atoms with Gasteiger partial charge in [-0.3, -0.25) is 4.57 Å². The van der Waals surface area contributed by atoms with E-state index < -0.39 is 13.5 Å². The van der Waals surface area contributed by atoms with Crippen LogP contribution >= 0.6 is 19.1 Å². The number of thioether (sulfide) groups is 1. The van der Waals surface area contributed by atoms with Crippen molar-refractivity contribution in [3.63, 3.8) is 0 Å². The highest BCUT2D eigenvalue weighted by Crippen LogP contribution is 2.41. The molecule has 1 heterocycles. The monoisotopic (exact) mass is 409 g/mol. The molecule has 1 unspecified atom stereocenters. The molecule has 0 bridgehead atoms. The summed E-state index contributed by atoms with van der Waals surface area (Å²) in [5, 5.41) is 6.45. The van der Waals surface area contributed by atoms with Crippen molar-refractivity contribution in [3.8, 4) is 0 Å². The van der Waals surface area contributed by atoms with Crippen LogP contribution in [0.25, 0.3) is 0 Å². The number of carbonyl (C=O) groups is 1. The summed E-state index contributed by atoms with van der Waals surface area (Å²) < 4.78 is 16.7. The van der Waals surface area contributed by atoms with Crippen LogP contribution in [0.5, 0.6) is 0 Å². The van der Waals surface area contributed by atoms with Crippen LogP contribution in [-0.2, 0) is 15.9 Å². The fourth-order valence-electron chi connectivity index (χ4n) is 2.23. The van der Waals surface area contributed by atoms with Crippen molar-refractivity contribution < 1.29 is 19.0 Å². The molecule has 1 aromatic carbocycles. The summed E-state index contributed by atoms with van der Waals surface area (Å²) in [7, 11) is -1.28. The zero-order valence-corrected chi connectivity index (χ0v) is 17.2. The fraction of sp³-hybridized carbons (Fsp3) is 0.333. The van der Waals surface area contributed by atoms with Gasteiger partial charge in [-0.25, -0.2) is 9.78 Å². The minimum absolute atomic E-state index is 0.0962. The Labute approximate surface area is 163 Å². The highest BCUT2D eigenvalue weighted by molar-refractivity contribution is 8.04. The van der Waals surface area contributed by atoms with Gasteiger partial charge < -0.3 is 20.3 Å². The van der Waals surface area contributed by atoms with Gasteiger partial charge in [0, 0.05) is 25.6 Å². The molecule has 0 saturated carbocycles. The Morgan fingerprint density at radius 1 is 1.37 bits per heavy atom. The van der Waals surface area contributed by atoms with Gasteiger partial charge in [-0.15, -0.1) is 0 Å². The van der Waals surface area contributed by atoms with Crippen molar-refractivity contribution in [2.24, 2.45) is 0 Å². The molecule has 9 heteroatoms. The van der Waals surface area contributed by atoms with E-state index in [4.69, 9.17) is 4.74 Å². The highest BCUT2D eigenvalue weighted by atomic mass is 32.2. The Bertz CT molecular complexity index is 828. The molecule has 0 spiro atoms. The van der Waals surface area contributed by atoms with Gasteiger partial charge >= 0.3 is 6.09 Å². The number of hydrogen-bond donors (Lipinski definition) is 3. The Kier molecular flexibility index (Phi) is 7.71. The maximum Gasteiger partial charge on any atom is 0.407 e. The number of rotatable bonds is 8. The van der Waals surface area contributed by atoms with E-state index in [1.807, 2.05) is 38.2 Å². The number of hydrogen-bond acceptors (Lipinski definition) is 6. The van der Waals surface area contributed by atoms with Gasteiger partial charge in [0.1, 0.15) is 6.61 Å². The van der Waals surface area contributed by atoms with E-state index in [2.05, 4.69) is 15.6 Å².